The van der Waals surface area contributed by atoms with E-state index in [4.69, 9.17) is 9.47 Å². The van der Waals surface area contributed by atoms with Gasteiger partial charge in [0.2, 0.25) is 0 Å². The van der Waals surface area contributed by atoms with Gasteiger partial charge in [-0.2, -0.15) is 4.31 Å². The fraction of sp³-hybridized carbons (Fsp3) is 0.400. The Bertz CT molecular complexity index is 1010. The zero-order valence-electron chi connectivity index (χ0n) is 16.8. The quantitative estimate of drug-likeness (QED) is 0.646. The molecule has 0 aliphatic carbocycles. The van der Waals surface area contributed by atoms with Crippen molar-refractivity contribution in [3.63, 3.8) is 0 Å². The number of anilines is 1. The number of morpholine rings is 1. The predicted molar refractivity (Wildman–Crippen MR) is 113 cm³/mol. The molecule has 162 valence electrons. The van der Waals surface area contributed by atoms with Crippen molar-refractivity contribution in [1.82, 2.24) is 4.31 Å². The van der Waals surface area contributed by atoms with Gasteiger partial charge in [0.05, 0.1) is 19.6 Å². The molecule has 0 radical (unpaired) electrons. The van der Waals surface area contributed by atoms with Crippen molar-refractivity contribution in [2.24, 2.45) is 0 Å². The molecule has 0 atom stereocenters. The number of nitrogens with zero attached hydrogens (tertiary/aromatic N) is 1. The highest BCUT2D eigenvalue weighted by Gasteiger charge is 2.28. The van der Waals surface area contributed by atoms with Crippen LogP contribution in [0.15, 0.2) is 34.5 Å². The Labute approximate surface area is 179 Å². The van der Waals surface area contributed by atoms with Gasteiger partial charge in [0.1, 0.15) is 4.21 Å². The van der Waals surface area contributed by atoms with Gasteiger partial charge in [-0.25, -0.2) is 8.42 Å². The summed E-state index contributed by atoms with van der Waals surface area (Å²) < 4.78 is 37.0. The van der Waals surface area contributed by atoms with Crippen molar-refractivity contribution < 1.29 is 27.5 Å². The average Bonchev–Trinajstić information content (AvgIpc) is 3.15. The van der Waals surface area contributed by atoms with E-state index in [0.29, 0.717) is 36.9 Å². The molecular formula is C20H24N2O6S2. The van der Waals surface area contributed by atoms with Crippen LogP contribution in [0.4, 0.5) is 5.69 Å². The number of esters is 1. The summed E-state index contributed by atoms with van der Waals surface area (Å²) >= 11 is 1.03. The lowest BCUT2D eigenvalue weighted by atomic mass is 10.1. The molecule has 1 fully saturated rings. The molecule has 0 unspecified atom stereocenters. The molecule has 1 saturated heterocycles. The van der Waals surface area contributed by atoms with E-state index in [1.165, 1.54) is 10.4 Å². The fourth-order valence-corrected chi connectivity index (χ4v) is 5.99. The molecule has 3 rings (SSSR count). The third kappa shape index (κ3) is 5.88. The Hall–Kier alpha value is -2.27. The van der Waals surface area contributed by atoms with Crippen molar-refractivity contribution in [2.75, 3.05) is 38.2 Å². The second-order valence-corrected chi connectivity index (χ2v) is 10.3. The van der Waals surface area contributed by atoms with E-state index in [1.54, 1.807) is 6.07 Å². The molecule has 1 aromatic carbocycles. The van der Waals surface area contributed by atoms with Crippen LogP contribution in [0.2, 0.25) is 0 Å². The van der Waals surface area contributed by atoms with Crippen molar-refractivity contribution in [3.8, 4) is 0 Å². The molecule has 30 heavy (non-hydrogen) atoms. The van der Waals surface area contributed by atoms with Gasteiger partial charge in [-0.05, 0) is 49.2 Å². The van der Waals surface area contributed by atoms with Gasteiger partial charge < -0.3 is 14.8 Å². The van der Waals surface area contributed by atoms with Gasteiger partial charge in [0.25, 0.3) is 15.9 Å². The molecule has 0 saturated carbocycles. The maximum absolute atomic E-state index is 12.6. The molecule has 0 spiro atoms. The second-order valence-electron chi connectivity index (χ2n) is 7.00. The Morgan fingerprint density at radius 2 is 1.80 bits per heavy atom. The number of thiophene rings is 1. The first-order chi connectivity index (χ1) is 14.2. The molecule has 2 heterocycles. The third-order valence-corrected chi connectivity index (χ3v) is 7.84. The number of carbonyl (C=O) groups is 2. The van der Waals surface area contributed by atoms with E-state index in [-0.39, 0.29) is 10.6 Å². The summed E-state index contributed by atoms with van der Waals surface area (Å²) in [7, 11) is -3.59. The van der Waals surface area contributed by atoms with E-state index >= 15 is 0 Å². The maximum atomic E-state index is 12.6. The summed E-state index contributed by atoms with van der Waals surface area (Å²) in [5.41, 5.74) is 2.68. The summed E-state index contributed by atoms with van der Waals surface area (Å²) in [5.74, 6) is -1.03. The molecule has 2 aromatic rings. The smallest absolute Gasteiger partial charge is 0.311 e. The number of nitrogens with one attached hydrogen (secondary N) is 1. The number of benzene rings is 1. The molecule has 1 amide bonds. The number of amides is 1. The number of carbonyl (C=O) groups excluding carboxylic acids is 2. The van der Waals surface area contributed by atoms with E-state index in [1.807, 2.05) is 32.0 Å². The first kappa shape index (κ1) is 22.4. The molecule has 1 aliphatic rings. The van der Waals surface area contributed by atoms with Gasteiger partial charge in [-0.3, -0.25) is 9.59 Å². The normalized spacial score (nSPS) is 15.0. The van der Waals surface area contributed by atoms with Crippen LogP contribution in [-0.2, 0) is 35.5 Å². The summed E-state index contributed by atoms with van der Waals surface area (Å²) in [6.07, 6.45) is -0.0971. The zero-order chi connectivity index (χ0) is 21.7. The van der Waals surface area contributed by atoms with Crippen LogP contribution in [0.25, 0.3) is 0 Å². The van der Waals surface area contributed by atoms with Crippen LogP contribution >= 0.6 is 11.3 Å². The Morgan fingerprint density at radius 3 is 2.47 bits per heavy atom. The molecular weight excluding hydrogens is 428 g/mol. The minimum atomic E-state index is -3.59. The van der Waals surface area contributed by atoms with E-state index < -0.39 is 28.5 Å². The number of hydrogen-bond donors (Lipinski definition) is 1. The number of aryl methyl sites for hydroxylation is 2. The third-order valence-electron chi connectivity index (χ3n) is 4.39. The zero-order valence-corrected chi connectivity index (χ0v) is 18.5. The van der Waals surface area contributed by atoms with Gasteiger partial charge in [-0.1, -0.05) is 6.07 Å². The first-order valence-electron chi connectivity index (χ1n) is 9.44. The number of sulfonamides is 1. The minimum Gasteiger partial charge on any atom is -0.455 e. The van der Waals surface area contributed by atoms with Crippen LogP contribution in [0.3, 0.4) is 0 Å². The number of hydrogen-bond acceptors (Lipinski definition) is 7. The Balaban J connectivity index is 1.51. The van der Waals surface area contributed by atoms with Crippen LogP contribution in [0.5, 0.6) is 0 Å². The Morgan fingerprint density at radius 1 is 1.13 bits per heavy atom. The van der Waals surface area contributed by atoms with Crippen LogP contribution in [-0.4, -0.2) is 57.5 Å². The van der Waals surface area contributed by atoms with Crippen LogP contribution < -0.4 is 5.32 Å². The van der Waals surface area contributed by atoms with E-state index in [9.17, 15) is 18.0 Å². The van der Waals surface area contributed by atoms with Gasteiger partial charge in [0, 0.05) is 23.7 Å². The number of rotatable bonds is 7. The van der Waals surface area contributed by atoms with Crippen LogP contribution in [0, 0.1) is 13.8 Å². The molecule has 1 aromatic heterocycles. The average molecular weight is 453 g/mol. The first-order valence-corrected chi connectivity index (χ1v) is 11.7. The largest absolute Gasteiger partial charge is 0.455 e. The topological polar surface area (TPSA) is 102 Å². The molecule has 1 aliphatic heterocycles. The van der Waals surface area contributed by atoms with Crippen molar-refractivity contribution in [1.29, 1.82) is 0 Å². The Kier molecular flexibility index (Phi) is 7.24. The number of ether oxygens (including phenoxy) is 2. The van der Waals surface area contributed by atoms with Gasteiger partial charge in [0.15, 0.2) is 6.61 Å². The molecule has 10 heteroatoms. The van der Waals surface area contributed by atoms with Crippen molar-refractivity contribution in [3.05, 3.63) is 46.3 Å². The predicted octanol–water partition coefficient (Wildman–Crippen LogP) is 2.11. The SMILES string of the molecule is Cc1cc(C)cc(NC(=O)COC(=O)Cc2ccc(S(=O)(=O)N3CCOCC3)s2)c1. The molecule has 8 nitrogen and oxygen atoms in total. The highest BCUT2D eigenvalue weighted by Crippen LogP contribution is 2.26. The van der Waals surface area contributed by atoms with Gasteiger partial charge in [-0.15, -0.1) is 11.3 Å². The van der Waals surface area contributed by atoms with Crippen molar-refractivity contribution >= 4 is 38.9 Å². The lowest BCUT2D eigenvalue weighted by molar-refractivity contribution is -0.146. The lowest BCUT2D eigenvalue weighted by Gasteiger charge is -2.25. The second kappa shape index (κ2) is 9.69. The summed E-state index contributed by atoms with van der Waals surface area (Å²) in [5, 5.41) is 2.69. The lowest BCUT2D eigenvalue weighted by Crippen LogP contribution is -2.40. The van der Waals surface area contributed by atoms with Crippen molar-refractivity contribution in [2.45, 2.75) is 24.5 Å². The summed E-state index contributed by atoms with van der Waals surface area (Å²) in [4.78, 5) is 24.6. The molecule has 0 bridgehead atoms. The summed E-state index contributed by atoms with van der Waals surface area (Å²) in [6, 6.07) is 8.73. The van der Waals surface area contributed by atoms with Gasteiger partial charge >= 0.3 is 5.97 Å². The van der Waals surface area contributed by atoms with Crippen LogP contribution in [0.1, 0.15) is 16.0 Å². The molecule has 1 N–H and O–H groups in total. The summed E-state index contributed by atoms with van der Waals surface area (Å²) in [6.45, 7) is 4.81. The minimum absolute atomic E-state index is 0.0971. The van der Waals surface area contributed by atoms with E-state index in [0.717, 1.165) is 22.5 Å². The monoisotopic (exact) mass is 452 g/mol. The van der Waals surface area contributed by atoms with E-state index in [2.05, 4.69) is 5.32 Å². The highest BCUT2D eigenvalue weighted by atomic mass is 32.2. The standard InChI is InChI=1S/C20H24N2O6S2/c1-14-9-15(2)11-16(10-14)21-18(23)13-28-19(24)12-17-3-4-20(29-17)30(25,26)22-5-7-27-8-6-22/h3-4,9-11H,5-8,12-13H2,1-2H3,(H,21,23). The maximum Gasteiger partial charge on any atom is 0.311 e. The highest BCUT2D eigenvalue weighted by molar-refractivity contribution is 7.91. The fourth-order valence-electron chi connectivity index (χ4n) is 3.09.